The van der Waals surface area contributed by atoms with Crippen molar-refractivity contribution in [1.29, 1.82) is 0 Å². The van der Waals surface area contributed by atoms with Crippen LogP contribution in [0.15, 0.2) is 0 Å². The average molecular weight is 542 g/mol. The minimum atomic E-state index is 0. The molecular weight excluding hydrogens is 510 g/mol. The minimum absolute atomic E-state index is 0. The molecular formula is C20H32Rh2S2-2. The Morgan fingerprint density at radius 1 is 0.417 bits per heavy atom. The maximum Gasteiger partial charge on any atom is 0 e. The summed E-state index contributed by atoms with van der Waals surface area (Å²) in [6.45, 7) is 0. The fraction of sp³-hybridized carbons (Fsp3) is 0.600. The first-order valence-corrected chi connectivity index (χ1v) is 9.83. The molecule has 0 aromatic heterocycles. The molecule has 0 aliphatic heterocycles. The summed E-state index contributed by atoms with van der Waals surface area (Å²) >= 11 is 9.34. The predicted octanol–water partition coefficient (Wildman–Crippen LogP) is 5.61. The Balaban J connectivity index is -0.000000268. The summed E-state index contributed by atoms with van der Waals surface area (Å²) in [5.74, 6) is 1.74. The fourth-order valence-electron chi connectivity index (χ4n) is 1.92. The topological polar surface area (TPSA) is 0 Å². The van der Waals surface area contributed by atoms with Crippen molar-refractivity contribution in [3.63, 3.8) is 0 Å². The monoisotopic (exact) mass is 542 g/mol. The Bertz CT molecular complexity index is 124. The largest absolute Gasteiger partial charge is 0.793 e. The molecule has 0 aromatic carbocycles. The van der Waals surface area contributed by atoms with E-state index in [1.165, 1.54) is 51.4 Å². The summed E-state index contributed by atoms with van der Waals surface area (Å²) in [6.07, 6.45) is 30.2. The fourth-order valence-corrected chi connectivity index (χ4v) is 2.32. The zero-order valence-electron chi connectivity index (χ0n) is 14.6. The van der Waals surface area contributed by atoms with Crippen LogP contribution in [-0.4, -0.2) is 11.5 Å². The van der Waals surface area contributed by atoms with Crippen LogP contribution in [0.1, 0.15) is 64.2 Å². The maximum absolute atomic E-state index is 4.67. The van der Waals surface area contributed by atoms with Crippen molar-refractivity contribution in [1.82, 2.24) is 0 Å². The van der Waals surface area contributed by atoms with Crippen LogP contribution in [0.5, 0.6) is 0 Å². The van der Waals surface area contributed by atoms with Crippen molar-refractivity contribution >= 4 is 25.3 Å². The van der Waals surface area contributed by atoms with Gasteiger partial charge in [0.25, 0.3) is 0 Å². The van der Waals surface area contributed by atoms with Crippen LogP contribution in [0, 0.1) is 51.4 Å². The molecule has 0 aromatic rings. The van der Waals surface area contributed by atoms with E-state index in [0.717, 1.165) is 24.3 Å². The predicted molar refractivity (Wildman–Crippen MR) is 105 cm³/mol. The van der Waals surface area contributed by atoms with E-state index in [1.54, 1.807) is 0 Å². The Hall–Kier alpha value is 1.95. The number of hydrogen-bond donors (Lipinski definition) is 0. The summed E-state index contributed by atoms with van der Waals surface area (Å²) in [4.78, 5) is 0. The molecule has 10 radical (unpaired) electrons. The molecule has 2 saturated carbocycles. The van der Waals surface area contributed by atoms with E-state index in [-0.39, 0.29) is 39.0 Å². The Kier molecular flexibility index (Phi) is 38.0. The molecule has 4 heteroatoms. The Morgan fingerprint density at radius 3 is 0.708 bits per heavy atom. The molecule has 144 valence electrons. The van der Waals surface area contributed by atoms with Gasteiger partial charge in [-0.2, -0.15) is 11.5 Å². The van der Waals surface area contributed by atoms with Gasteiger partial charge >= 0.3 is 0 Å². The van der Waals surface area contributed by atoms with E-state index >= 15 is 0 Å². The molecule has 24 heavy (non-hydrogen) atoms. The molecule has 2 fully saturated rings. The third kappa shape index (κ3) is 28.7. The molecule has 0 N–H and O–H groups in total. The molecule has 0 bridgehead atoms. The van der Waals surface area contributed by atoms with E-state index in [0.29, 0.717) is 0 Å². The van der Waals surface area contributed by atoms with Gasteiger partial charge in [-0.1, -0.05) is 12.8 Å². The second kappa shape index (κ2) is 29.7. The van der Waals surface area contributed by atoms with E-state index < -0.39 is 0 Å². The third-order valence-electron chi connectivity index (χ3n) is 3.21. The third-order valence-corrected chi connectivity index (χ3v) is 3.78. The number of rotatable bonds is 3. The Labute approximate surface area is 190 Å². The van der Waals surface area contributed by atoms with Crippen molar-refractivity contribution < 1.29 is 39.0 Å². The first kappa shape index (κ1) is 30.7. The van der Waals surface area contributed by atoms with Gasteiger partial charge in [-0.05, 0) is 103 Å². The van der Waals surface area contributed by atoms with Crippen LogP contribution in [0.25, 0.3) is 0 Å². The van der Waals surface area contributed by atoms with Gasteiger partial charge in [-0.15, -0.1) is 0 Å². The van der Waals surface area contributed by atoms with Crippen LogP contribution in [0.3, 0.4) is 0 Å². The summed E-state index contributed by atoms with van der Waals surface area (Å²) < 4.78 is 0. The minimum Gasteiger partial charge on any atom is -0.793 e. The summed E-state index contributed by atoms with van der Waals surface area (Å²) in [5.41, 5.74) is 0. The average Bonchev–Trinajstić information content (AvgIpc) is 2.45. The van der Waals surface area contributed by atoms with Crippen molar-refractivity contribution in [3.05, 3.63) is 51.4 Å². The molecule has 0 heterocycles. The molecule has 0 nitrogen and oxygen atoms in total. The summed E-state index contributed by atoms with van der Waals surface area (Å²) in [5, 5.41) is 0. The van der Waals surface area contributed by atoms with Crippen molar-refractivity contribution in [2.24, 2.45) is 0 Å². The molecule has 2 rings (SSSR count). The normalized spacial score (nSPS) is 18.2. The van der Waals surface area contributed by atoms with E-state index in [1.807, 2.05) is 0 Å². The van der Waals surface area contributed by atoms with Crippen LogP contribution >= 0.6 is 0 Å². The van der Waals surface area contributed by atoms with Crippen LogP contribution in [0.4, 0.5) is 0 Å². The molecule has 0 spiro atoms. The van der Waals surface area contributed by atoms with Crippen LogP contribution in [0.2, 0.25) is 0 Å². The second-order valence-corrected chi connectivity index (χ2v) is 6.13. The van der Waals surface area contributed by atoms with Crippen molar-refractivity contribution in [2.75, 3.05) is 11.5 Å². The molecule has 0 unspecified atom stereocenters. The Morgan fingerprint density at radius 2 is 0.583 bits per heavy atom. The first-order valence-electron chi connectivity index (χ1n) is 8.68. The molecule has 0 saturated heterocycles. The van der Waals surface area contributed by atoms with Crippen LogP contribution < -0.4 is 0 Å². The summed E-state index contributed by atoms with van der Waals surface area (Å²) in [6, 6.07) is 0. The number of hydrogen-bond acceptors (Lipinski definition) is 2. The molecule has 2 aliphatic carbocycles. The van der Waals surface area contributed by atoms with E-state index in [2.05, 4.69) is 76.6 Å². The van der Waals surface area contributed by atoms with Crippen molar-refractivity contribution in [3.8, 4) is 0 Å². The van der Waals surface area contributed by atoms with Gasteiger partial charge in [0.05, 0.1) is 0 Å². The zero-order chi connectivity index (χ0) is 16.1. The van der Waals surface area contributed by atoms with E-state index in [4.69, 9.17) is 0 Å². The molecule has 0 atom stereocenters. The van der Waals surface area contributed by atoms with Gasteiger partial charge in [0.15, 0.2) is 0 Å². The number of unbranched alkanes of at least 4 members (excludes halogenated alkanes) is 1. The second-order valence-electron chi connectivity index (χ2n) is 5.31. The van der Waals surface area contributed by atoms with Gasteiger partial charge in [0, 0.05) is 39.0 Å². The van der Waals surface area contributed by atoms with Gasteiger partial charge in [0.2, 0.25) is 0 Å². The first-order chi connectivity index (χ1) is 10.9. The van der Waals surface area contributed by atoms with Gasteiger partial charge in [0.1, 0.15) is 0 Å². The standard InChI is InChI=1S/2C8H12.C4H10S2.2Rh/c2*1-2-4-6-8-7-5-3-1;5-3-1-2-4-6;;/h2*1-2,7-8H,3-6H2;5-6H,1-4H2;;/p-2. The zero-order valence-corrected chi connectivity index (χ0v) is 19.5. The quantitative estimate of drug-likeness (QED) is 0.259. The van der Waals surface area contributed by atoms with Crippen molar-refractivity contribution in [2.45, 2.75) is 64.2 Å². The molecule has 2 aliphatic rings. The molecule has 0 amide bonds. The maximum atomic E-state index is 4.67. The smallest absolute Gasteiger partial charge is 0 e. The summed E-state index contributed by atoms with van der Waals surface area (Å²) in [7, 11) is 0. The van der Waals surface area contributed by atoms with Crippen LogP contribution in [-0.2, 0) is 64.2 Å². The van der Waals surface area contributed by atoms with Gasteiger partial charge < -0.3 is 25.3 Å². The van der Waals surface area contributed by atoms with Gasteiger partial charge in [-0.25, -0.2) is 0 Å². The SMILES string of the molecule is [CH]1[CH]CC[CH][CH]CC1.[CH]1[CH]CC[CH][CH]CC1.[Rh].[Rh].[S-]CCCC[S-]. The van der Waals surface area contributed by atoms with E-state index in [9.17, 15) is 0 Å². The van der Waals surface area contributed by atoms with Gasteiger partial charge in [-0.3, -0.25) is 0 Å².